The zero-order valence-electron chi connectivity index (χ0n) is 13.2. The summed E-state index contributed by atoms with van der Waals surface area (Å²) in [7, 11) is 0. The number of para-hydroxylation sites is 1. The average Bonchev–Trinajstić information content (AvgIpc) is 2.84. The molecule has 2 fully saturated rings. The summed E-state index contributed by atoms with van der Waals surface area (Å²) in [5.41, 5.74) is 0. The summed E-state index contributed by atoms with van der Waals surface area (Å²) in [5.74, 6) is 0.0844. The Hall–Kier alpha value is -1.33. The van der Waals surface area contributed by atoms with E-state index in [9.17, 15) is 9.18 Å². The van der Waals surface area contributed by atoms with Crippen molar-refractivity contribution < 1.29 is 13.9 Å². The molecule has 1 N–H and O–H groups in total. The van der Waals surface area contributed by atoms with Crippen LogP contribution in [0.5, 0.6) is 5.75 Å². The largest absolute Gasteiger partial charge is 0.491 e. The number of nitrogens with zero attached hydrogens (tertiary/aromatic N) is 1. The molecule has 1 amide bonds. The molecule has 0 aliphatic carbocycles. The third kappa shape index (κ3) is 4.82. The van der Waals surface area contributed by atoms with Crippen molar-refractivity contribution in [2.75, 3.05) is 19.7 Å². The van der Waals surface area contributed by atoms with Gasteiger partial charge >= 0.3 is 0 Å². The Kier molecular flexibility index (Phi) is 6.66. The number of nitrogens with one attached hydrogen (secondary N) is 1. The Labute approximate surface area is 142 Å². The number of carbonyl (C=O) groups excluding carboxylic acids is 1. The second kappa shape index (κ2) is 8.50. The van der Waals surface area contributed by atoms with Gasteiger partial charge in [0.25, 0.3) is 0 Å². The van der Waals surface area contributed by atoms with Crippen molar-refractivity contribution in [3.63, 3.8) is 0 Å². The van der Waals surface area contributed by atoms with Gasteiger partial charge < -0.3 is 15.0 Å². The molecule has 1 aromatic carbocycles. The van der Waals surface area contributed by atoms with Crippen LogP contribution in [0.3, 0.4) is 0 Å². The molecule has 2 atom stereocenters. The predicted octanol–water partition coefficient (Wildman–Crippen LogP) is 2.76. The predicted molar refractivity (Wildman–Crippen MR) is 89.5 cm³/mol. The molecule has 2 heterocycles. The van der Waals surface area contributed by atoms with E-state index in [0.29, 0.717) is 31.5 Å². The number of rotatable bonds is 5. The third-order valence-electron chi connectivity index (χ3n) is 4.51. The quantitative estimate of drug-likeness (QED) is 0.837. The molecule has 2 aliphatic rings. The normalized spacial score (nSPS) is 23.1. The summed E-state index contributed by atoms with van der Waals surface area (Å²) in [5, 5.41) is 3.57. The summed E-state index contributed by atoms with van der Waals surface area (Å²) in [4.78, 5) is 14.2. The smallest absolute Gasteiger partial charge is 0.222 e. The van der Waals surface area contributed by atoms with E-state index in [1.54, 1.807) is 18.2 Å². The highest BCUT2D eigenvalue weighted by Crippen LogP contribution is 2.21. The summed E-state index contributed by atoms with van der Waals surface area (Å²) in [6, 6.07) is 7.40. The Morgan fingerprint density at radius 2 is 2.04 bits per heavy atom. The first-order valence-corrected chi connectivity index (χ1v) is 8.13. The van der Waals surface area contributed by atoms with Crippen molar-refractivity contribution in [3.8, 4) is 5.75 Å². The molecule has 0 aromatic heterocycles. The lowest BCUT2D eigenvalue weighted by atomic mass is 10.1. The van der Waals surface area contributed by atoms with Gasteiger partial charge in [-0.05, 0) is 37.8 Å². The van der Waals surface area contributed by atoms with Crippen molar-refractivity contribution in [3.05, 3.63) is 30.1 Å². The molecule has 128 valence electrons. The molecule has 2 bridgehead atoms. The van der Waals surface area contributed by atoms with Crippen LogP contribution in [0.4, 0.5) is 4.39 Å². The van der Waals surface area contributed by atoms with Crippen LogP contribution in [0, 0.1) is 5.82 Å². The fraction of sp³-hybridized carbons (Fsp3) is 0.588. The van der Waals surface area contributed by atoms with Gasteiger partial charge in [-0.1, -0.05) is 12.1 Å². The van der Waals surface area contributed by atoms with Gasteiger partial charge in [0.1, 0.15) is 0 Å². The lowest BCUT2D eigenvalue weighted by Gasteiger charge is -2.24. The average molecular weight is 343 g/mol. The molecule has 2 unspecified atom stereocenters. The van der Waals surface area contributed by atoms with Crippen LogP contribution in [-0.2, 0) is 4.79 Å². The topological polar surface area (TPSA) is 41.6 Å². The molecule has 4 nitrogen and oxygen atoms in total. The molecule has 6 heteroatoms. The second-order valence-electron chi connectivity index (χ2n) is 6.15. The number of carbonyl (C=O) groups is 1. The van der Waals surface area contributed by atoms with Gasteiger partial charge in [-0.25, -0.2) is 4.39 Å². The Morgan fingerprint density at radius 3 is 2.87 bits per heavy atom. The summed E-state index contributed by atoms with van der Waals surface area (Å²) in [6.45, 7) is 2.04. The fourth-order valence-corrected chi connectivity index (χ4v) is 3.29. The zero-order chi connectivity index (χ0) is 15.4. The lowest BCUT2D eigenvalue weighted by Crippen LogP contribution is -2.39. The minimum Gasteiger partial charge on any atom is -0.491 e. The molecule has 0 radical (unpaired) electrons. The number of halogens is 2. The SMILES string of the molecule is Cl.O=C(CCCOc1ccccc1F)N1CCC2CCC(C1)N2. The third-order valence-corrected chi connectivity index (χ3v) is 4.51. The highest BCUT2D eigenvalue weighted by molar-refractivity contribution is 5.85. The minimum absolute atomic E-state index is 0. The van der Waals surface area contributed by atoms with Crippen molar-refractivity contribution in [1.82, 2.24) is 10.2 Å². The van der Waals surface area contributed by atoms with E-state index in [0.717, 1.165) is 19.5 Å². The van der Waals surface area contributed by atoms with Crippen LogP contribution in [-0.4, -0.2) is 42.6 Å². The van der Waals surface area contributed by atoms with Crippen molar-refractivity contribution in [1.29, 1.82) is 0 Å². The fourth-order valence-electron chi connectivity index (χ4n) is 3.29. The highest BCUT2D eigenvalue weighted by atomic mass is 35.5. The van der Waals surface area contributed by atoms with Crippen LogP contribution in [0.15, 0.2) is 24.3 Å². The molecular weight excluding hydrogens is 319 g/mol. The molecule has 2 saturated heterocycles. The van der Waals surface area contributed by atoms with Crippen molar-refractivity contribution >= 4 is 18.3 Å². The summed E-state index contributed by atoms with van der Waals surface area (Å²) >= 11 is 0. The molecule has 23 heavy (non-hydrogen) atoms. The standard InChI is InChI=1S/C17H23FN2O2.ClH/c18-15-4-1-2-5-16(15)22-11-3-6-17(21)20-10-9-13-7-8-14(12-20)19-13;/h1-2,4-5,13-14,19H,3,6-12H2;1H. The molecule has 0 spiro atoms. The van der Waals surface area contributed by atoms with E-state index >= 15 is 0 Å². The maximum absolute atomic E-state index is 13.4. The van der Waals surface area contributed by atoms with Gasteiger partial charge in [0, 0.05) is 31.6 Å². The van der Waals surface area contributed by atoms with E-state index in [-0.39, 0.29) is 29.9 Å². The second-order valence-corrected chi connectivity index (χ2v) is 6.15. The van der Waals surface area contributed by atoms with E-state index in [2.05, 4.69) is 5.32 Å². The Bertz CT molecular complexity index is 529. The number of benzene rings is 1. The van der Waals surface area contributed by atoms with E-state index in [4.69, 9.17) is 4.74 Å². The number of hydrogen-bond acceptors (Lipinski definition) is 3. The minimum atomic E-state index is -0.358. The number of fused-ring (bicyclic) bond motifs is 2. The first kappa shape index (κ1) is 18.0. The van der Waals surface area contributed by atoms with Crippen LogP contribution in [0.25, 0.3) is 0 Å². The highest BCUT2D eigenvalue weighted by Gasteiger charge is 2.30. The van der Waals surface area contributed by atoms with Gasteiger partial charge in [-0.15, -0.1) is 12.4 Å². The van der Waals surface area contributed by atoms with Crippen LogP contribution in [0.2, 0.25) is 0 Å². The number of amides is 1. The van der Waals surface area contributed by atoms with Crippen molar-refractivity contribution in [2.24, 2.45) is 0 Å². The van der Waals surface area contributed by atoms with Crippen molar-refractivity contribution in [2.45, 2.75) is 44.2 Å². The lowest BCUT2D eigenvalue weighted by molar-refractivity contribution is -0.131. The van der Waals surface area contributed by atoms with Gasteiger partial charge in [0.15, 0.2) is 11.6 Å². The van der Waals surface area contributed by atoms with Gasteiger partial charge in [-0.3, -0.25) is 4.79 Å². The first-order valence-electron chi connectivity index (χ1n) is 8.13. The molecular formula is C17H24ClFN2O2. The van der Waals surface area contributed by atoms with Crippen LogP contribution >= 0.6 is 12.4 Å². The molecule has 3 rings (SSSR count). The summed E-state index contributed by atoms with van der Waals surface area (Å²) < 4.78 is 18.8. The number of ether oxygens (including phenoxy) is 1. The maximum Gasteiger partial charge on any atom is 0.222 e. The van der Waals surface area contributed by atoms with Gasteiger partial charge in [-0.2, -0.15) is 0 Å². The van der Waals surface area contributed by atoms with Crippen LogP contribution < -0.4 is 10.1 Å². The maximum atomic E-state index is 13.4. The summed E-state index contributed by atoms with van der Waals surface area (Å²) in [6.07, 6.45) is 4.54. The molecule has 0 saturated carbocycles. The van der Waals surface area contributed by atoms with E-state index in [1.807, 2.05) is 4.90 Å². The monoisotopic (exact) mass is 342 g/mol. The molecule has 2 aliphatic heterocycles. The van der Waals surface area contributed by atoms with Gasteiger partial charge in [0.2, 0.25) is 5.91 Å². The number of hydrogen-bond donors (Lipinski definition) is 1. The first-order chi connectivity index (χ1) is 10.7. The number of likely N-dealkylation sites (tertiary alicyclic amines) is 1. The van der Waals surface area contributed by atoms with E-state index < -0.39 is 0 Å². The zero-order valence-corrected chi connectivity index (χ0v) is 14.0. The Balaban J connectivity index is 0.00000192. The Morgan fingerprint density at radius 1 is 1.26 bits per heavy atom. The molecule has 1 aromatic rings. The van der Waals surface area contributed by atoms with Crippen LogP contribution in [0.1, 0.15) is 32.1 Å². The van der Waals surface area contributed by atoms with E-state index in [1.165, 1.54) is 18.9 Å². The van der Waals surface area contributed by atoms with Gasteiger partial charge in [0.05, 0.1) is 6.61 Å².